The molecule has 0 saturated heterocycles. The summed E-state index contributed by atoms with van der Waals surface area (Å²) in [6.45, 7) is 12.3. The predicted molar refractivity (Wildman–Crippen MR) is 136 cm³/mol. The molecule has 3 unspecified atom stereocenters. The van der Waals surface area contributed by atoms with Crippen LogP contribution >= 0.6 is 0 Å². The standard InChI is InChI=1S/C15H24N2O4.C11H16N2O4/c1-6-15(12(18)19)9(2)11(10-7-8-10)16-17(15,13(20)21)14(3,4)5;1-3-11(9(14)15)6(2)8(7-4-5-7)13(12-11)10(16)17/h10,16H,6-8H2,1-5H3,(H-,18,19,20,21);7,12H,3-5H2,1-2H3,(H,14,15)(H,16,17)/p+1. The zero-order valence-electron chi connectivity index (χ0n) is 23.2. The Labute approximate surface area is 222 Å². The fourth-order valence-electron chi connectivity index (χ4n) is 6.22. The quantitative estimate of drug-likeness (QED) is 0.270. The van der Waals surface area contributed by atoms with E-state index >= 15 is 0 Å². The highest BCUT2D eigenvalue weighted by Crippen LogP contribution is 2.52. The first kappa shape index (κ1) is 29.4. The first-order chi connectivity index (χ1) is 17.5. The van der Waals surface area contributed by atoms with Crippen LogP contribution in [0.25, 0.3) is 0 Å². The third-order valence-corrected chi connectivity index (χ3v) is 8.65. The van der Waals surface area contributed by atoms with Crippen LogP contribution in [-0.2, 0) is 9.59 Å². The number of carbonyl (C=O) groups is 4. The van der Waals surface area contributed by atoms with Gasteiger partial charge in [0.1, 0.15) is 5.54 Å². The lowest BCUT2D eigenvalue weighted by Crippen LogP contribution is -2.79. The van der Waals surface area contributed by atoms with Crippen molar-refractivity contribution in [3.8, 4) is 0 Å². The number of quaternary nitrogens is 1. The average molecular weight is 538 g/mol. The molecule has 2 fully saturated rings. The maximum atomic E-state index is 12.2. The van der Waals surface area contributed by atoms with Crippen molar-refractivity contribution in [3.63, 3.8) is 0 Å². The Morgan fingerprint density at radius 3 is 1.71 bits per heavy atom. The monoisotopic (exact) mass is 537 g/mol. The van der Waals surface area contributed by atoms with Crippen LogP contribution in [0, 0.1) is 11.8 Å². The molecule has 0 bridgehead atoms. The number of nitrogens with zero attached hydrogens (tertiary/aromatic N) is 2. The van der Waals surface area contributed by atoms with E-state index in [1.165, 1.54) is 0 Å². The maximum Gasteiger partial charge on any atom is 0.540 e. The second-order valence-electron chi connectivity index (χ2n) is 11.6. The van der Waals surface area contributed by atoms with Crippen molar-refractivity contribution in [2.45, 2.75) is 104 Å². The molecule has 12 nitrogen and oxygen atoms in total. The highest BCUT2D eigenvalue weighted by molar-refractivity contribution is 5.86. The first-order valence-electron chi connectivity index (χ1n) is 13.1. The number of hydrazine groups is 1. The van der Waals surface area contributed by atoms with Crippen molar-refractivity contribution in [1.82, 2.24) is 15.9 Å². The minimum Gasteiger partial charge on any atom is -0.480 e. The number of amides is 2. The molecule has 4 aliphatic rings. The topological polar surface area (TPSA) is 176 Å². The summed E-state index contributed by atoms with van der Waals surface area (Å²) in [6, 6.07) is 0. The van der Waals surface area contributed by atoms with Crippen molar-refractivity contribution in [3.05, 3.63) is 22.5 Å². The van der Waals surface area contributed by atoms with Crippen molar-refractivity contribution in [1.29, 1.82) is 0 Å². The van der Waals surface area contributed by atoms with E-state index in [-0.39, 0.29) is 18.3 Å². The molecule has 2 aliphatic carbocycles. The minimum absolute atomic E-state index is 0.186. The summed E-state index contributed by atoms with van der Waals surface area (Å²) < 4.78 is -0.677. The van der Waals surface area contributed by atoms with Gasteiger partial charge in [0.15, 0.2) is 5.54 Å². The van der Waals surface area contributed by atoms with Gasteiger partial charge in [-0.2, -0.15) is 4.79 Å². The van der Waals surface area contributed by atoms with Crippen LogP contribution in [0.15, 0.2) is 22.5 Å². The van der Waals surface area contributed by atoms with Gasteiger partial charge in [0.2, 0.25) is 0 Å². The van der Waals surface area contributed by atoms with Gasteiger partial charge in [-0.3, -0.25) is 0 Å². The van der Waals surface area contributed by atoms with Gasteiger partial charge < -0.3 is 20.4 Å². The third-order valence-electron chi connectivity index (χ3n) is 8.65. The number of hydrogen-bond acceptors (Lipinski definition) is 6. The lowest BCUT2D eigenvalue weighted by atomic mass is 9.82. The Kier molecular flexibility index (Phi) is 7.41. The molecule has 0 aromatic carbocycles. The van der Waals surface area contributed by atoms with Gasteiger partial charge in [-0.25, -0.2) is 30.2 Å². The fourth-order valence-corrected chi connectivity index (χ4v) is 6.22. The lowest BCUT2D eigenvalue weighted by molar-refractivity contribution is -0.966. The molecule has 0 aromatic rings. The van der Waals surface area contributed by atoms with Crippen LogP contribution in [0.1, 0.15) is 87.0 Å². The van der Waals surface area contributed by atoms with Crippen LogP contribution in [0.3, 0.4) is 0 Å². The van der Waals surface area contributed by atoms with E-state index in [2.05, 4.69) is 10.9 Å². The minimum atomic E-state index is -1.47. The Morgan fingerprint density at radius 2 is 1.42 bits per heavy atom. The van der Waals surface area contributed by atoms with Crippen molar-refractivity contribution in [2.24, 2.45) is 11.8 Å². The molecule has 2 heterocycles. The van der Waals surface area contributed by atoms with Crippen LogP contribution in [0.5, 0.6) is 0 Å². The summed E-state index contributed by atoms with van der Waals surface area (Å²) in [4.78, 5) is 46.9. The fraction of sp³-hybridized carbons (Fsp3) is 0.692. The largest absolute Gasteiger partial charge is 0.540 e. The number of allylic oxidation sites excluding steroid dienone is 2. The van der Waals surface area contributed by atoms with Crippen LogP contribution < -0.4 is 10.9 Å². The molecule has 3 atom stereocenters. The molecule has 0 spiro atoms. The zero-order chi connectivity index (χ0) is 29.0. The van der Waals surface area contributed by atoms with E-state index in [0.29, 0.717) is 23.3 Å². The van der Waals surface area contributed by atoms with E-state index in [9.17, 15) is 34.5 Å². The van der Waals surface area contributed by atoms with Gasteiger partial charge in [0.05, 0.1) is 5.70 Å². The molecule has 2 amide bonds. The molecule has 4 rings (SSSR count). The Balaban J connectivity index is 0.000000215. The predicted octanol–water partition coefficient (Wildman–Crippen LogP) is 4.12. The molecule has 212 valence electrons. The maximum absolute atomic E-state index is 12.2. The molecular formula is C26H41N4O8+. The van der Waals surface area contributed by atoms with Crippen LogP contribution in [0.4, 0.5) is 9.59 Å². The molecular weight excluding hydrogens is 496 g/mol. The van der Waals surface area contributed by atoms with Gasteiger partial charge in [0.25, 0.3) is 5.54 Å². The summed E-state index contributed by atoms with van der Waals surface area (Å²) in [7, 11) is 0. The van der Waals surface area contributed by atoms with Gasteiger partial charge >= 0.3 is 24.1 Å². The Morgan fingerprint density at radius 1 is 0.895 bits per heavy atom. The molecule has 0 radical (unpaired) electrons. The smallest absolute Gasteiger partial charge is 0.480 e. The van der Waals surface area contributed by atoms with E-state index in [1.807, 2.05) is 0 Å². The second-order valence-corrected chi connectivity index (χ2v) is 11.6. The summed E-state index contributed by atoms with van der Waals surface area (Å²) in [6.07, 6.45) is 2.07. The summed E-state index contributed by atoms with van der Waals surface area (Å²) in [5.74, 6) is -1.65. The second kappa shape index (κ2) is 9.57. The van der Waals surface area contributed by atoms with E-state index in [1.54, 1.807) is 48.5 Å². The lowest BCUT2D eigenvalue weighted by Gasteiger charge is -2.48. The third kappa shape index (κ3) is 4.05. The van der Waals surface area contributed by atoms with Gasteiger partial charge in [0, 0.05) is 29.5 Å². The van der Waals surface area contributed by atoms with Crippen molar-refractivity contribution >= 4 is 24.1 Å². The van der Waals surface area contributed by atoms with E-state index < -0.39 is 45.3 Å². The van der Waals surface area contributed by atoms with Gasteiger partial charge in [-0.15, -0.1) is 4.59 Å². The summed E-state index contributed by atoms with van der Waals surface area (Å²) in [5, 5.41) is 39.4. The van der Waals surface area contributed by atoms with E-state index in [0.717, 1.165) is 36.4 Å². The number of rotatable bonds is 6. The molecule has 38 heavy (non-hydrogen) atoms. The summed E-state index contributed by atoms with van der Waals surface area (Å²) >= 11 is 0. The van der Waals surface area contributed by atoms with Crippen LogP contribution in [0.2, 0.25) is 0 Å². The van der Waals surface area contributed by atoms with E-state index in [4.69, 9.17) is 5.11 Å². The summed E-state index contributed by atoms with van der Waals surface area (Å²) in [5.41, 5.74) is 4.93. The number of carboxylic acids is 2. The number of aliphatic carboxylic acids is 2. The normalized spacial score (nSPS) is 31.1. The highest BCUT2D eigenvalue weighted by atomic mass is 16.4. The molecule has 12 heteroatoms. The SMILES string of the molecule is CCC1(C(=O)O)C(C)=C(C2CC2)N[N+]1(C(=O)O)C(C)(C)C.CCC1(C(=O)O)NN(C(=O)O)C(C2CC2)=C1C. The molecule has 2 aliphatic heterocycles. The van der Waals surface area contributed by atoms with Crippen molar-refractivity contribution < 1.29 is 44.2 Å². The van der Waals surface area contributed by atoms with Gasteiger partial charge in [-0.1, -0.05) is 13.8 Å². The highest BCUT2D eigenvalue weighted by Gasteiger charge is 2.73. The van der Waals surface area contributed by atoms with Crippen LogP contribution in [-0.4, -0.2) is 70.8 Å². The number of nitrogens with one attached hydrogen (secondary N) is 2. The molecule has 6 N–H and O–H groups in total. The zero-order valence-corrected chi connectivity index (χ0v) is 23.2. The number of hydrogen-bond donors (Lipinski definition) is 6. The molecule has 0 aromatic heterocycles. The Bertz CT molecular complexity index is 1120. The number of carboxylic acid groups (broad SMARTS) is 4. The molecule has 2 saturated carbocycles. The average Bonchev–Trinajstić information content (AvgIpc) is 3.74. The first-order valence-corrected chi connectivity index (χ1v) is 13.1. The Hall–Kier alpha value is -3.12. The van der Waals surface area contributed by atoms with Crippen molar-refractivity contribution in [2.75, 3.05) is 0 Å². The van der Waals surface area contributed by atoms with Gasteiger partial charge in [-0.05, 0) is 72.3 Å².